The molecule has 3 rings (SSSR count). The minimum Gasteiger partial charge on any atom is -0.469 e. The Morgan fingerprint density at radius 1 is 1.38 bits per heavy atom. The van der Waals surface area contributed by atoms with E-state index in [1.807, 2.05) is 30.4 Å². The van der Waals surface area contributed by atoms with Crippen LogP contribution in [-0.2, 0) is 0 Å². The van der Waals surface area contributed by atoms with Gasteiger partial charge in [0.2, 0.25) is 0 Å². The van der Waals surface area contributed by atoms with E-state index in [1.54, 1.807) is 12.3 Å². The molecule has 0 N–H and O–H groups in total. The smallest absolute Gasteiger partial charge is 0.257 e. The number of aromatic nitrogens is 3. The molecule has 0 aliphatic carbocycles. The quantitative estimate of drug-likeness (QED) is 0.850. The number of hydrogen-bond acceptors (Lipinski definition) is 4. The summed E-state index contributed by atoms with van der Waals surface area (Å²) in [5.74, 6) is 2.41. The summed E-state index contributed by atoms with van der Waals surface area (Å²) in [6.07, 6.45) is 3.57. The summed E-state index contributed by atoms with van der Waals surface area (Å²) in [6.45, 7) is 7.13. The molecule has 0 unspecified atom stereocenters. The topological polar surface area (TPSA) is 64.2 Å². The van der Waals surface area contributed by atoms with Gasteiger partial charge in [0.05, 0.1) is 17.9 Å². The molecular weight excluding hydrogens is 268 g/mol. The van der Waals surface area contributed by atoms with Gasteiger partial charge in [-0.15, -0.1) is 0 Å². The summed E-state index contributed by atoms with van der Waals surface area (Å²) in [5, 5.41) is 4.46. The minimum atomic E-state index is 0.0421. The van der Waals surface area contributed by atoms with Gasteiger partial charge in [-0.05, 0) is 39.7 Å². The van der Waals surface area contributed by atoms with E-state index in [0.717, 1.165) is 31.0 Å². The zero-order valence-electron chi connectivity index (χ0n) is 12.7. The molecule has 0 saturated carbocycles. The maximum absolute atomic E-state index is 12.6. The fourth-order valence-electron chi connectivity index (χ4n) is 3.00. The van der Waals surface area contributed by atoms with Gasteiger partial charge in [0.25, 0.3) is 5.91 Å². The molecule has 1 saturated heterocycles. The van der Waals surface area contributed by atoms with Crippen molar-refractivity contribution in [3.05, 3.63) is 35.3 Å². The van der Waals surface area contributed by atoms with Crippen LogP contribution in [0.4, 0.5) is 0 Å². The summed E-state index contributed by atoms with van der Waals surface area (Å²) in [7, 11) is 0. The Kier molecular flexibility index (Phi) is 3.53. The third kappa shape index (κ3) is 2.57. The number of amides is 1. The van der Waals surface area contributed by atoms with Crippen LogP contribution in [0.1, 0.15) is 46.7 Å². The number of carbonyl (C=O) groups is 1. The van der Waals surface area contributed by atoms with Gasteiger partial charge in [-0.3, -0.25) is 4.79 Å². The number of piperidine rings is 1. The van der Waals surface area contributed by atoms with E-state index < -0.39 is 0 Å². The number of aryl methyl sites for hydroxylation is 3. The van der Waals surface area contributed by atoms with Crippen molar-refractivity contribution in [3.63, 3.8) is 0 Å². The third-order valence-corrected chi connectivity index (χ3v) is 4.03. The Hall–Kier alpha value is -2.11. The molecule has 112 valence electrons. The van der Waals surface area contributed by atoms with Crippen LogP contribution in [0.2, 0.25) is 0 Å². The Balaban J connectivity index is 1.79. The van der Waals surface area contributed by atoms with Crippen LogP contribution in [0.25, 0.3) is 0 Å². The predicted molar refractivity (Wildman–Crippen MR) is 77.1 cm³/mol. The highest BCUT2D eigenvalue weighted by Crippen LogP contribution is 2.24. The van der Waals surface area contributed by atoms with E-state index in [0.29, 0.717) is 17.9 Å². The van der Waals surface area contributed by atoms with Crippen LogP contribution in [0.5, 0.6) is 0 Å². The van der Waals surface area contributed by atoms with Gasteiger partial charge in [0.1, 0.15) is 17.4 Å². The van der Waals surface area contributed by atoms with E-state index >= 15 is 0 Å². The van der Waals surface area contributed by atoms with E-state index in [1.165, 1.54) is 0 Å². The first-order valence-electron chi connectivity index (χ1n) is 7.29. The summed E-state index contributed by atoms with van der Waals surface area (Å²) in [6, 6.07) is 1.95. The van der Waals surface area contributed by atoms with Gasteiger partial charge >= 0.3 is 0 Å². The first-order chi connectivity index (χ1) is 10.1. The fourth-order valence-corrected chi connectivity index (χ4v) is 3.00. The lowest BCUT2D eigenvalue weighted by Crippen LogP contribution is -2.41. The highest BCUT2D eigenvalue weighted by molar-refractivity contribution is 5.95. The summed E-state index contributed by atoms with van der Waals surface area (Å²) in [4.78, 5) is 18.8. The van der Waals surface area contributed by atoms with Gasteiger partial charge in [0, 0.05) is 13.1 Å². The zero-order chi connectivity index (χ0) is 15.0. The highest BCUT2D eigenvalue weighted by atomic mass is 16.3. The van der Waals surface area contributed by atoms with Crippen molar-refractivity contribution in [2.45, 2.75) is 39.7 Å². The van der Waals surface area contributed by atoms with Crippen LogP contribution in [0.15, 0.2) is 16.7 Å². The molecule has 0 bridgehead atoms. The fraction of sp³-hybridized carbons (Fsp3) is 0.533. The third-order valence-electron chi connectivity index (χ3n) is 4.03. The van der Waals surface area contributed by atoms with Gasteiger partial charge in [-0.25, -0.2) is 9.67 Å². The number of rotatable bonds is 2. The molecular formula is C15H20N4O2. The molecule has 6 nitrogen and oxygen atoms in total. The molecule has 1 fully saturated rings. The maximum atomic E-state index is 12.6. The van der Waals surface area contributed by atoms with Crippen molar-refractivity contribution in [1.82, 2.24) is 19.7 Å². The van der Waals surface area contributed by atoms with Crippen molar-refractivity contribution in [2.75, 3.05) is 13.1 Å². The molecule has 1 aliphatic rings. The number of carbonyl (C=O) groups excluding carboxylic acids is 1. The van der Waals surface area contributed by atoms with Gasteiger partial charge in [-0.1, -0.05) is 0 Å². The average Bonchev–Trinajstić information content (AvgIpc) is 3.03. The van der Waals surface area contributed by atoms with Crippen molar-refractivity contribution >= 4 is 5.91 Å². The van der Waals surface area contributed by atoms with Crippen molar-refractivity contribution in [2.24, 2.45) is 0 Å². The number of hydrogen-bond donors (Lipinski definition) is 0. The Labute approximate surface area is 123 Å². The van der Waals surface area contributed by atoms with Crippen LogP contribution < -0.4 is 0 Å². The van der Waals surface area contributed by atoms with E-state index in [9.17, 15) is 4.79 Å². The first kappa shape index (κ1) is 13.9. The van der Waals surface area contributed by atoms with E-state index in [4.69, 9.17) is 4.42 Å². The molecule has 1 aliphatic heterocycles. The highest BCUT2D eigenvalue weighted by Gasteiger charge is 2.28. The largest absolute Gasteiger partial charge is 0.469 e. The Morgan fingerprint density at radius 3 is 2.81 bits per heavy atom. The second-order valence-corrected chi connectivity index (χ2v) is 5.59. The van der Waals surface area contributed by atoms with Crippen LogP contribution >= 0.6 is 0 Å². The zero-order valence-corrected chi connectivity index (χ0v) is 12.7. The molecule has 2 aromatic heterocycles. The van der Waals surface area contributed by atoms with Crippen molar-refractivity contribution < 1.29 is 9.21 Å². The number of likely N-dealkylation sites (tertiary alicyclic amines) is 1. The number of nitrogens with zero attached hydrogens (tertiary/aromatic N) is 4. The van der Waals surface area contributed by atoms with Crippen LogP contribution in [-0.4, -0.2) is 38.7 Å². The normalized spacial score (nSPS) is 19.0. The summed E-state index contributed by atoms with van der Waals surface area (Å²) >= 11 is 0. The lowest BCUT2D eigenvalue weighted by Gasteiger charge is -2.33. The van der Waals surface area contributed by atoms with Gasteiger partial charge in [0.15, 0.2) is 0 Å². The molecule has 0 aromatic carbocycles. The van der Waals surface area contributed by atoms with Gasteiger partial charge < -0.3 is 9.32 Å². The van der Waals surface area contributed by atoms with Crippen LogP contribution in [0.3, 0.4) is 0 Å². The van der Waals surface area contributed by atoms with Gasteiger partial charge in [-0.2, -0.15) is 5.10 Å². The molecule has 2 aromatic rings. The summed E-state index contributed by atoms with van der Waals surface area (Å²) in [5.41, 5.74) is 0.655. The predicted octanol–water partition coefficient (Wildman–Crippen LogP) is 2.27. The standard InChI is InChI=1S/C15H20N4O2/c1-10-14(6-8-21-10)15(20)18-7-4-5-13(9-18)19-12(3)16-11(2)17-19/h6,8,13H,4-5,7,9H2,1-3H3/t13-/m0/s1. The van der Waals surface area contributed by atoms with Crippen LogP contribution in [0, 0.1) is 20.8 Å². The molecule has 0 spiro atoms. The van der Waals surface area contributed by atoms with Crippen molar-refractivity contribution in [1.29, 1.82) is 0 Å². The average molecular weight is 288 g/mol. The van der Waals surface area contributed by atoms with E-state index in [2.05, 4.69) is 10.1 Å². The second-order valence-electron chi connectivity index (χ2n) is 5.59. The molecule has 3 heterocycles. The molecule has 0 radical (unpaired) electrons. The SMILES string of the molecule is Cc1nc(C)n([C@H]2CCCN(C(=O)c3ccoc3C)C2)n1. The minimum absolute atomic E-state index is 0.0421. The molecule has 21 heavy (non-hydrogen) atoms. The van der Waals surface area contributed by atoms with E-state index in [-0.39, 0.29) is 11.9 Å². The monoisotopic (exact) mass is 288 g/mol. The lowest BCUT2D eigenvalue weighted by atomic mass is 10.0. The Bertz CT molecular complexity index is 658. The first-order valence-corrected chi connectivity index (χ1v) is 7.29. The van der Waals surface area contributed by atoms with Crippen molar-refractivity contribution in [3.8, 4) is 0 Å². The molecule has 1 amide bonds. The molecule has 1 atom stereocenters. The Morgan fingerprint density at radius 2 is 2.19 bits per heavy atom. The molecule has 6 heteroatoms. The number of furan rings is 1. The maximum Gasteiger partial charge on any atom is 0.257 e. The second kappa shape index (κ2) is 5.35. The lowest BCUT2D eigenvalue weighted by molar-refractivity contribution is 0.0669. The summed E-state index contributed by atoms with van der Waals surface area (Å²) < 4.78 is 7.19.